The first-order valence-corrected chi connectivity index (χ1v) is 5.07. The summed E-state index contributed by atoms with van der Waals surface area (Å²) < 4.78 is 37.9. The Bertz CT molecular complexity index is 351. The van der Waals surface area contributed by atoms with Gasteiger partial charge >= 0.3 is 6.18 Å². The summed E-state index contributed by atoms with van der Waals surface area (Å²) in [6.45, 7) is -0.218. The second kappa shape index (κ2) is 4.24. The molecule has 0 bridgehead atoms. The van der Waals surface area contributed by atoms with Crippen LogP contribution < -0.4 is 5.73 Å². The topological polar surface area (TPSA) is 26.0 Å². The van der Waals surface area contributed by atoms with E-state index in [4.69, 9.17) is 17.3 Å². The van der Waals surface area contributed by atoms with Crippen molar-refractivity contribution in [2.24, 2.45) is 5.73 Å². The van der Waals surface area contributed by atoms with Gasteiger partial charge in [0.15, 0.2) is 0 Å². The van der Waals surface area contributed by atoms with E-state index in [1.165, 1.54) is 6.07 Å². The van der Waals surface area contributed by atoms with E-state index in [0.717, 1.165) is 6.07 Å². The van der Waals surface area contributed by atoms with Crippen molar-refractivity contribution in [2.75, 3.05) is 0 Å². The highest BCUT2D eigenvalue weighted by atomic mass is 127. The van der Waals surface area contributed by atoms with Gasteiger partial charge < -0.3 is 5.73 Å². The van der Waals surface area contributed by atoms with Crippen LogP contribution in [0.5, 0.6) is 0 Å². The molecule has 1 aromatic rings. The molecule has 0 spiro atoms. The summed E-state index contributed by atoms with van der Waals surface area (Å²) in [5.41, 5.74) is 4.40. The lowest BCUT2D eigenvalue weighted by Crippen LogP contribution is -2.12. The summed E-state index contributed by atoms with van der Waals surface area (Å²) in [4.78, 5) is 0. The SMILES string of the molecule is NCc1c(Cl)cc(I)cc1C(F)(F)F. The number of hydrogen-bond donors (Lipinski definition) is 1. The van der Waals surface area contributed by atoms with Crippen LogP contribution in [0.2, 0.25) is 5.02 Å². The van der Waals surface area contributed by atoms with E-state index >= 15 is 0 Å². The van der Waals surface area contributed by atoms with Crippen molar-refractivity contribution in [3.63, 3.8) is 0 Å². The molecule has 0 aliphatic heterocycles. The highest BCUT2D eigenvalue weighted by molar-refractivity contribution is 14.1. The van der Waals surface area contributed by atoms with Crippen LogP contribution in [0.25, 0.3) is 0 Å². The summed E-state index contributed by atoms with van der Waals surface area (Å²) >= 11 is 7.43. The van der Waals surface area contributed by atoms with Crippen molar-refractivity contribution >= 4 is 34.2 Å². The fourth-order valence-electron chi connectivity index (χ4n) is 1.06. The molecule has 0 saturated carbocycles. The Kier molecular flexibility index (Phi) is 3.65. The summed E-state index contributed by atoms with van der Waals surface area (Å²) in [6.07, 6.45) is -4.40. The average molecular weight is 335 g/mol. The van der Waals surface area contributed by atoms with E-state index < -0.39 is 11.7 Å². The molecular formula is C8H6ClF3IN. The maximum Gasteiger partial charge on any atom is 0.416 e. The van der Waals surface area contributed by atoms with Crippen LogP contribution in [0.1, 0.15) is 11.1 Å². The van der Waals surface area contributed by atoms with Gasteiger partial charge in [-0.2, -0.15) is 13.2 Å². The third-order valence-electron chi connectivity index (χ3n) is 1.67. The molecule has 0 saturated heterocycles. The van der Waals surface area contributed by atoms with Gasteiger partial charge in [0, 0.05) is 15.1 Å². The zero-order chi connectivity index (χ0) is 10.9. The zero-order valence-corrected chi connectivity index (χ0v) is 9.74. The minimum Gasteiger partial charge on any atom is -0.326 e. The van der Waals surface area contributed by atoms with Gasteiger partial charge in [0.05, 0.1) is 5.56 Å². The fourth-order valence-corrected chi connectivity index (χ4v) is 2.17. The standard InChI is InChI=1S/C8H6ClF3IN/c9-7-2-4(13)1-6(5(7)3-14)8(10,11)12/h1-2H,3,14H2. The number of halogens is 5. The highest BCUT2D eigenvalue weighted by Crippen LogP contribution is 2.36. The number of nitrogens with two attached hydrogens (primary N) is 1. The molecule has 0 aliphatic carbocycles. The molecule has 0 unspecified atom stereocenters. The van der Waals surface area contributed by atoms with Crippen molar-refractivity contribution in [1.82, 2.24) is 0 Å². The number of alkyl halides is 3. The molecule has 6 heteroatoms. The third-order valence-corrected chi connectivity index (χ3v) is 2.63. The molecule has 0 heterocycles. The summed E-state index contributed by atoms with van der Waals surface area (Å²) in [5.74, 6) is 0. The van der Waals surface area contributed by atoms with Crippen LogP contribution >= 0.6 is 34.2 Å². The summed E-state index contributed by atoms with van der Waals surface area (Å²) in [5, 5.41) is 0.0618. The molecule has 14 heavy (non-hydrogen) atoms. The number of rotatable bonds is 1. The minimum atomic E-state index is -4.40. The molecule has 1 aromatic carbocycles. The molecule has 0 radical (unpaired) electrons. The average Bonchev–Trinajstić information content (AvgIpc) is 2.01. The van der Waals surface area contributed by atoms with Crippen molar-refractivity contribution in [1.29, 1.82) is 0 Å². The first-order chi connectivity index (χ1) is 6.36. The van der Waals surface area contributed by atoms with E-state index in [1.54, 1.807) is 22.6 Å². The van der Waals surface area contributed by atoms with Crippen molar-refractivity contribution in [3.05, 3.63) is 31.9 Å². The van der Waals surface area contributed by atoms with E-state index in [0.29, 0.717) is 3.57 Å². The zero-order valence-electron chi connectivity index (χ0n) is 6.83. The predicted octanol–water partition coefficient (Wildman–Crippen LogP) is 3.42. The van der Waals surface area contributed by atoms with Gasteiger partial charge in [-0.05, 0) is 40.3 Å². The lowest BCUT2D eigenvalue weighted by atomic mass is 10.1. The van der Waals surface area contributed by atoms with Crippen LogP contribution in [0.4, 0.5) is 13.2 Å². The largest absolute Gasteiger partial charge is 0.416 e. The van der Waals surface area contributed by atoms with Gasteiger partial charge in [-0.25, -0.2) is 0 Å². The van der Waals surface area contributed by atoms with E-state index in [-0.39, 0.29) is 17.1 Å². The van der Waals surface area contributed by atoms with Crippen LogP contribution in [-0.4, -0.2) is 0 Å². The maximum atomic E-state index is 12.5. The third kappa shape index (κ3) is 2.52. The van der Waals surface area contributed by atoms with E-state index in [9.17, 15) is 13.2 Å². The molecular weight excluding hydrogens is 329 g/mol. The van der Waals surface area contributed by atoms with Gasteiger partial charge in [-0.3, -0.25) is 0 Å². The van der Waals surface area contributed by atoms with E-state index in [2.05, 4.69) is 0 Å². The Hall–Kier alpha value is -0.0100. The lowest BCUT2D eigenvalue weighted by molar-refractivity contribution is -0.138. The second-order valence-corrected chi connectivity index (χ2v) is 4.27. The minimum absolute atomic E-state index is 0.0559. The first kappa shape index (κ1) is 12.1. The normalized spacial score (nSPS) is 11.9. The van der Waals surface area contributed by atoms with Gasteiger partial charge in [0.2, 0.25) is 0 Å². The van der Waals surface area contributed by atoms with Gasteiger partial charge in [-0.15, -0.1) is 0 Å². The van der Waals surface area contributed by atoms with Crippen LogP contribution in [0, 0.1) is 3.57 Å². The molecule has 2 N–H and O–H groups in total. The van der Waals surface area contributed by atoms with Gasteiger partial charge in [-0.1, -0.05) is 11.6 Å². The Labute approximate surface area is 97.6 Å². The molecule has 0 aliphatic rings. The molecule has 78 valence electrons. The van der Waals surface area contributed by atoms with Crippen LogP contribution in [-0.2, 0) is 12.7 Å². The van der Waals surface area contributed by atoms with Gasteiger partial charge in [0.25, 0.3) is 0 Å². The number of benzene rings is 1. The number of hydrogen-bond acceptors (Lipinski definition) is 1. The smallest absolute Gasteiger partial charge is 0.326 e. The van der Waals surface area contributed by atoms with E-state index in [1.807, 2.05) is 0 Å². The predicted molar refractivity (Wildman–Crippen MR) is 57.1 cm³/mol. The van der Waals surface area contributed by atoms with Gasteiger partial charge in [0.1, 0.15) is 0 Å². The quantitative estimate of drug-likeness (QED) is 0.782. The molecule has 0 amide bonds. The molecule has 0 aromatic heterocycles. The Morgan fingerprint density at radius 2 is 1.93 bits per heavy atom. The summed E-state index contributed by atoms with van der Waals surface area (Å²) in [6, 6.07) is 2.49. The van der Waals surface area contributed by atoms with Crippen LogP contribution in [0.3, 0.4) is 0 Å². The lowest BCUT2D eigenvalue weighted by Gasteiger charge is -2.13. The van der Waals surface area contributed by atoms with Crippen molar-refractivity contribution in [3.8, 4) is 0 Å². The Balaban J connectivity index is 3.40. The van der Waals surface area contributed by atoms with Crippen LogP contribution in [0.15, 0.2) is 12.1 Å². The van der Waals surface area contributed by atoms with Crippen molar-refractivity contribution < 1.29 is 13.2 Å². The molecule has 1 rings (SSSR count). The Morgan fingerprint density at radius 1 is 1.36 bits per heavy atom. The Morgan fingerprint density at radius 3 is 2.36 bits per heavy atom. The highest BCUT2D eigenvalue weighted by Gasteiger charge is 2.34. The van der Waals surface area contributed by atoms with Crippen molar-refractivity contribution in [2.45, 2.75) is 12.7 Å². The fraction of sp³-hybridized carbons (Fsp3) is 0.250. The molecule has 1 nitrogen and oxygen atoms in total. The monoisotopic (exact) mass is 335 g/mol. The summed E-state index contributed by atoms with van der Waals surface area (Å²) in [7, 11) is 0. The molecule has 0 fully saturated rings. The first-order valence-electron chi connectivity index (χ1n) is 3.61. The molecule has 0 atom stereocenters. The second-order valence-electron chi connectivity index (χ2n) is 2.62. The maximum absolute atomic E-state index is 12.5.